The van der Waals surface area contributed by atoms with E-state index in [9.17, 15) is 9.90 Å². The molecule has 2 N–H and O–H groups in total. The van der Waals surface area contributed by atoms with E-state index in [1.807, 2.05) is 54.6 Å². The van der Waals surface area contributed by atoms with Crippen LogP contribution in [0.5, 0.6) is 0 Å². The predicted octanol–water partition coefficient (Wildman–Crippen LogP) is 3.39. The van der Waals surface area contributed by atoms with Crippen molar-refractivity contribution in [2.75, 3.05) is 6.61 Å². The highest BCUT2D eigenvalue weighted by atomic mass is 16.5. The monoisotopic (exact) mass is 328 g/mol. The summed E-state index contributed by atoms with van der Waals surface area (Å²) in [5.41, 5.74) is 2.98. The van der Waals surface area contributed by atoms with E-state index < -0.39 is 18.2 Å². The number of carboxylic acids is 1. The smallest absolute Gasteiger partial charge is 0.333 e. The van der Waals surface area contributed by atoms with Crippen molar-refractivity contribution in [2.24, 2.45) is 0 Å². The number of hydrogen-bond donors (Lipinski definition) is 2. The zero-order chi connectivity index (χ0) is 17.4. The first-order valence-electron chi connectivity index (χ1n) is 8.25. The van der Waals surface area contributed by atoms with Gasteiger partial charge in [0.2, 0.25) is 0 Å². The fourth-order valence-electron chi connectivity index (χ4n) is 2.62. The minimum Gasteiger partial charge on any atom is -0.479 e. The quantitative estimate of drug-likeness (QED) is 0.740. The Bertz CT molecular complexity index is 622. The summed E-state index contributed by atoms with van der Waals surface area (Å²) >= 11 is 0. The van der Waals surface area contributed by atoms with E-state index in [4.69, 9.17) is 9.84 Å². The van der Waals surface area contributed by atoms with Crippen molar-refractivity contribution >= 4 is 5.97 Å². The van der Waals surface area contributed by atoms with Crippen LogP contribution in [0.15, 0.2) is 54.6 Å². The predicted molar refractivity (Wildman–Crippen MR) is 92.9 cm³/mol. The molecule has 128 valence electrons. The highest BCUT2D eigenvalue weighted by molar-refractivity contribution is 5.72. The first-order chi connectivity index (χ1) is 11.6. The number of aliphatic hydroxyl groups is 1. The Kier molecular flexibility index (Phi) is 6.97. The van der Waals surface area contributed by atoms with Gasteiger partial charge in [0, 0.05) is 13.0 Å². The Morgan fingerprint density at radius 3 is 2.25 bits per heavy atom. The summed E-state index contributed by atoms with van der Waals surface area (Å²) in [6, 6.07) is 17.5. The van der Waals surface area contributed by atoms with Gasteiger partial charge >= 0.3 is 5.97 Å². The van der Waals surface area contributed by atoms with Crippen molar-refractivity contribution in [1.29, 1.82) is 0 Å². The van der Waals surface area contributed by atoms with Crippen LogP contribution in [0.1, 0.15) is 36.1 Å². The van der Waals surface area contributed by atoms with Crippen LogP contribution in [0.25, 0.3) is 0 Å². The Morgan fingerprint density at radius 1 is 1.04 bits per heavy atom. The summed E-state index contributed by atoms with van der Waals surface area (Å²) in [5, 5.41) is 19.3. The molecule has 0 unspecified atom stereocenters. The molecule has 24 heavy (non-hydrogen) atoms. The largest absolute Gasteiger partial charge is 0.479 e. The van der Waals surface area contributed by atoms with Crippen LogP contribution in [-0.4, -0.2) is 28.9 Å². The molecular weight excluding hydrogens is 304 g/mol. The van der Waals surface area contributed by atoms with Crippen LogP contribution in [0.4, 0.5) is 0 Å². The maximum absolute atomic E-state index is 11.1. The number of aliphatic carboxylic acids is 1. The topological polar surface area (TPSA) is 66.8 Å². The highest BCUT2D eigenvalue weighted by Gasteiger charge is 2.17. The first kappa shape index (κ1) is 18.2. The van der Waals surface area contributed by atoms with Crippen molar-refractivity contribution in [1.82, 2.24) is 0 Å². The number of benzene rings is 2. The van der Waals surface area contributed by atoms with Gasteiger partial charge in [0.1, 0.15) is 0 Å². The molecule has 0 aliphatic carbocycles. The van der Waals surface area contributed by atoms with Gasteiger partial charge in [-0.05, 0) is 36.5 Å². The number of rotatable bonds is 9. The molecule has 0 spiro atoms. The van der Waals surface area contributed by atoms with E-state index in [1.54, 1.807) is 6.92 Å². The maximum Gasteiger partial charge on any atom is 0.333 e. The lowest BCUT2D eigenvalue weighted by atomic mass is 9.99. The molecule has 4 nitrogen and oxygen atoms in total. The van der Waals surface area contributed by atoms with E-state index in [0.29, 0.717) is 19.4 Å². The molecule has 0 saturated carbocycles. The average Bonchev–Trinajstić information content (AvgIpc) is 2.61. The van der Waals surface area contributed by atoms with Crippen molar-refractivity contribution < 1.29 is 19.7 Å². The van der Waals surface area contributed by atoms with Crippen LogP contribution < -0.4 is 0 Å². The third-order valence-corrected chi connectivity index (χ3v) is 3.98. The molecule has 0 heterocycles. The van der Waals surface area contributed by atoms with Gasteiger partial charge in [-0.2, -0.15) is 0 Å². The second-order valence-corrected chi connectivity index (χ2v) is 5.77. The van der Waals surface area contributed by atoms with Crippen LogP contribution in [0, 0.1) is 0 Å². The van der Waals surface area contributed by atoms with E-state index in [2.05, 4.69) is 0 Å². The molecule has 0 aromatic heterocycles. The molecular formula is C20H24O4. The Hall–Kier alpha value is -2.17. The third kappa shape index (κ3) is 5.48. The van der Waals surface area contributed by atoms with Crippen molar-refractivity contribution in [3.8, 4) is 0 Å². The fraction of sp³-hybridized carbons (Fsp3) is 0.350. The summed E-state index contributed by atoms with van der Waals surface area (Å²) in [4.78, 5) is 11.1. The van der Waals surface area contributed by atoms with E-state index in [-0.39, 0.29) is 0 Å². The molecule has 2 aromatic carbocycles. The lowest BCUT2D eigenvalue weighted by molar-refractivity contribution is -0.149. The second kappa shape index (κ2) is 9.21. The summed E-state index contributed by atoms with van der Waals surface area (Å²) in [5.74, 6) is -0.938. The number of ether oxygens (including phenoxy) is 1. The summed E-state index contributed by atoms with van der Waals surface area (Å²) in [6.07, 6.45) is 0.501. The normalized spacial score (nSPS) is 13.4. The lowest BCUT2D eigenvalue weighted by Crippen LogP contribution is -2.26. The van der Waals surface area contributed by atoms with E-state index in [0.717, 1.165) is 23.1 Å². The van der Waals surface area contributed by atoms with Crippen LogP contribution in [0.3, 0.4) is 0 Å². The van der Waals surface area contributed by atoms with Crippen LogP contribution in [0.2, 0.25) is 0 Å². The minimum absolute atomic E-state index is 0.357. The standard InChI is InChI=1S/C20H24O4/c1-2-24-19(20(22)23)14-16-10-8-15(9-11-16)12-13-18(21)17-6-4-3-5-7-17/h3-11,18-19,21H,2,12-14H2,1H3,(H,22,23)/t18-,19+/m0/s1. The zero-order valence-electron chi connectivity index (χ0n) is 13.9. The number of carboxylic acid groups (broad SMARTS) is 1. The molecule has 0 saturated heterocycles. The maximum atomic E-state index is 11.1. The van der Waals surface area contributed by atoms with Crippen LogP contribution >= 0.6 is 0 Å². The second-order valence-electron chi connectivity index (χ2n) is 5.77. The number of aryl methyl sites for hydroxylation is 1. The van der Waals surface area contributed by atoms with Gasteiger partial charge in [-0.3, -0.25) is 0 Å². The Balaban J connectivity index is 1.89. The van der Waals surface area contributed by atoms with E-state index >= 15 is 0 Å². The van der Waals surface area contributed by atoms with Gasteiger partial charge in [-0.25, -0.2) is 4.79 Å². The first-order valence-corrected chi connectivity index (χ1v) is 8.25. The van der Waals surface area contributed by atoms with Gasteiger partial charge in [-0.15, -0.1) is 0 Å². The molecule has 0 amide bonds. The van der Waals surface area contributed by atoms with Gasteiger partial charge < -0.3 is 14.9 Å². The van der Waals surface area contributed by atoms with Gasteiger partial charge in [-0.1, -0.05) is 54.6 Å². The Labute approximate surface area is 142 Å². The van der Waals surface area contributed by atoms with Crippen molar-refractivity contribution in [3.05, 3.63) is 71.3 Å². The van der Waals surface area contributed by atoms with Crippen molar-refractivity contribution in [2.45, 2.75) is 38.4 Å². The molecule has 0 bridgehead atoms. The zero-order valence-corrected chi connectivity index (χ0v) is 13.9. The van der Waals surface area contributed by atoms with E-state index in [1.165, 1.54) is 0 Å². The number of aliphatic hydroxyl groups excluding tert-OH is 1. The lowest BCUT2D eigenvalue weighted by Gasteiger charge is -2.13. The highest BCUT2D eigenvalue weighted by Crippen LogP contribution is 2.19. The van der Waals surface area contributed by atoms with Gasteiger partial charge in [0.05, 0.1) is 6.10 Å². The summed E-state index contributed by atoms with van der Waals surface area (Å²) in [7, 11) is 0. The average molecular weight is 328 g/mol. The van der Waals surface area contributed by atoms with Crippen LogP contribution in [-0.2, 0) is 22.4 Å². The van der Waals surface area contributed by atoms with Gasteiger partial charge in [0.25, 0.3) is 0 Å². The molecule has 0 fully saturated rings. The summed E-state index contributed by atoms with van der Waals surface area (Å²) < 4.78 is 5.23. The molecule has 2 rings (SSSR count). The van der Waals surface area contributed by atoms with Crippen molar-refractivity contribution in [3.63, 3.8) is 0 Å². The Morgan fingerprint density at radius 2 is 1.67 bits per heavy atom. The van der Waals surface area contributed by atoms with Gasteiger partial charge in [0.15, 0.2) is 6.10 Å². The SMILES string of the molecule is CCO[C@H](Cc1ccc(CC[C@H](O)c2ccccc2)cc1)C(=O)O. The summed E-state index contributed by atoms with van der Waals surface area (Å²) in [6.45, 7) is 2.17. The molecule has 2 aromatic rings. The minimum atomic E-state index is -0.938. The molecule has 0 aliphatic heterocycles. The number of carbonyl (C=O) groups is 1. The fourth-order valence-corrected chi connectivity index (χ4v) is 2.62. The molecule has 0 radical (unpaired) electrons. The third-order valence-electron chi connectivity index (χ3n) is 3.98. The molecule has 2 atom stereocenters. The molecule has 0 aliphatic rings. The number of hydrogen-bond acceptors (Lipinski definition) is 3. The molecule has 4 heteroatoms.